The molecule has 0 radical (unpaired) electrons. The van der Waals surface area contributed by atoms with E-state index < -0.39 is 18.1 Å². The first-order valence-electron chi connectivity index (χ1n) is 10.3. The van der Waals surface area contributed by atoms with Gasteiger partial charge in [0, 0.05) is 6.04 Å². The standard InChI is InChI=1S/C22H30N2O4/c1-15(23-19(22(27)28)12-11-16-7-3-2-4-8-16)21(26)24-18(14-25)13-17-9-5-6-10-20(17)24/h2-4,7-8,14-15,17-20,23H,5-6,9-13H2,1H3,(H,27,28)/t15-,17+,18-,19-,20-/m0/s1. The number of hydrogen-bond acceptors (Lipinski definition) is 4. The maximum Gasteiger partial charge on any atom is 0.320 e. The van der Waals surface area contributed by atoms with Gasteiger partial charge in [-0.2, -0.15) is 0 Å². The number of nitrogens with one attached hydrogen (secondary N) is 1. The monoisotopic (exact) mass is 386 g/mol. The highest BCUT2D eigenvalue weighted by Gasteiger charge is 2.45. The number of aliphatic carboxylic acids is 1. The number of benzene rings is 1. The number of fused-ring (bicyclic) bond motifs is 1. The van der Waals surface area contributed by atoms with E-state index >= 15 is 0 Å². The molecule has 0 unspecified atom stereocenters. The van der Waals surface area contributed by atoms with Crippen LogP contribution in [0, 0.1) is 5.92 Å². The Morgan fingerprint density at radius 3 is 2.64 bits per heavy atom. The minimum Gasteiger partial charge on any atom is -0.480 e. The van der Waals surface area contributed by atoms with Crippen LogP contribution >= 0.6 is 0 Å². The van der Waals surface area contributed by atoms with Gasteiger partial charge < -0.3 is 14.8 Å². The molecule has 1 aromatic rings. The number of hydrogen-bond donors (Lipinski definition) is 2. The molecule has 5 atom stereocenters. The van der Waals surface area contributed by atoms with Crippen LogP contribution in [0.5, 0.6) is 0 Å². The van der Waals surface area contributed by atoms with Crippen molar-refractivity contribution in [2.45, 2.75) is 76.0 Å². The highest BCUT2D eigenvalue weighted by molar-refractivity contribution is 5.86. The fourth-order valence-corrected chi connectivity index (χ4v) is 4.78. The molecule has 0 aromatic heterocycles. The summed E-state index contributed by atoms with van der Waals surface area (Å²) in [5.74, 6) is -0.717. The Bertz CT molecular complexity index is 693. The largest absolute Gasteiger partial charge is 0.480 e. The molecule has 0 spiro atoms. The first kappa shape index (κ1) is 20.5. The molecule has 2 aliphatic rings. The molecule has 3 rings (SSSR count). The number of aldehydes is 1. The maximum atomic E-state index is 13.1. The van der Waals surface area contributed by atoms with Gasteiger partial charge in [-0.25, -0.2) is 0 Å². The predicted octanol–water partition coefficient (Wildman–Crippen LogP) is 2.41. The fourth-order valence-electron chi connectivity index (χ4n) is 4.78. The van der Waals surface area contributed by atoms with Gasteiger partial charge in [-0.3, -0.25) is 14.9 Å². The van der Waals surface area contributed by atoms with Gasteiger partial charge in [0.15, 0.2) is 0 Å². The van der Waals surface area contributed by atoms with Gasteiger partial charge >= 0.3 is 5.97 Å². The summed E-state index contributed by atoms with van der Waals surface area (Å²) < 4.78 is 0. The zero-order chi connectivity index (χ0) is 20.1. The number of carbonyl (C=O) groups excluding carboxylic acids is 2. The van der Waals surface area contributed by atoms with Gasteiger partial charge in [0.05, 0.1) is 12.1 Å². The SMILES string of the molecule is C[C@H](N[C@@H](CCc1ccccc1)C(=O)O)C(=O)N1[C@H](C=O)C[C@H]2CCCC[C@@H]21. The van der Waals surface area contributed by atoms with Crippen LogP contribution in [0.2, 0.25) is 0 Å². The molecule has 1 heterocycles. The summed E-state index contributed by atoms with van der Waals surface area (Å²) >= 11 is 0. The summed E-state index contributed by atoms with van der Waals surface area (Å²) in [6.45, 7) is 1.71. The number of amides is 1. The third-order valence-electron chi connectivity index (χ3n) is 6.22. The van der Waals surface area contributed by atoms with E-state index in [4.69, 9.17) is 0 Å². The molecule has 1 amide bonds. The van der Waals surface area contributed by atoms with Crippen LogP contribution < -0.4 is 5.32 Å². The van der Waals surface area contributed by atoms with E-state index in [1.165, 1.54) is 0 Å². The number of carbonyl (C=O) groups is 3. The van der Waals surface area contributed by atoms with Crippen molar-refractivity contribution in [1.29, 1.82) is 0 Å². The molecule has 6 heteroatoms. The number of aryl methyl sites for hydroxylation is 1. The van der Waals surface area contributed by atoms with Gasteiger partial charge in [0.2, 0.25) is 5.91 Å². The van der Waals surface area contributed by atoms with Crippen molar-refractivity contribution in [3.8, 4) is 0 Å². The van der Waals surface area contributed by atoms with E-state index in [0.717, 1.165) is 44.0 Å². The van der Waals surface area contributed by atoms with E-state index in [1.54, 1.807) is 11.8 Å². The number of carboxylic acid groups (broad SMARTS) is 1. The summed E-state index contributed by atoms with van der Waals surface area (Å²) in [5.41, 5.74) is 1.07. The van der Waals surface area contributed by atoms with Gasteiger partial charge in [0.1, 0.15) is 12.3 Å². The lowest BCUT2D eigenvalue weighted by Crippen LogP contribution is -2.54. The molecule has 1 aliphatic heterocycles. The van der Waals surface area contributed by atoms with Crippen LogP contribution in [0.15, 0.2) is 30.3 Å². The maximum absolute atomic E-state index is 13.1. The van der Waals surface area contributed by atoms with Crippen molar-refractivity contribution in [1.82, 2.24) is 10.2 Å². The van der Waals surface area contributed by atoms with Crippen molar-refractivity contribution in [3.05, 3.63) is 35.9 Å². The molecule has 152 valence electrons. The highest BCUT2D eigenvalue weighted by atomic mass is 16.4. The van der Waals surface area contributed by atoms with Crippen LogP contribution in [0.3, 0.4) is 0 Å². The van der Waals surface area contributed by atoms with E-state index in [2.05, 4.69) is 5.32 Å². The summed E-state index contributed by atoms with van der Waals surface area (Å²) in [5, 5.41) is 12.6. The van der Waals surface area contributed by atoms with Crippen molar-refractivity contribution >= 4 is 18.2 Å². The molecule has 2 N–H and O–H groups in total. The molecular weight excluding hydrogens is 356 g/mol. The van der Waals surface area contributed by atoms with Crippen molar-refractivity contribution < 1.29 is 19.5 Å². The number of likely N-dealkylation sites (tertiary alicyclic amines) is 1. The average molecular weight is 386 g/mol. The lowest BCUT2D eigenvalue weighted by molar-refractivity contribution is -0.142. The molecule has 0 bridgehead atoms. The van der Waals surface area contributed by atoms with Gasteiger partial charge in [0.25, 0.3) is 0 Å². The van der Waals surface area contributed by atoms with E-state index in [0.29, 0.717) is 18.8 Å². The minimum atomic E-state index is -0.959. The highest BCUT2D eigenvalue weighted by Crippen LogP contribution is 2.39. The predicted molar refractivity (Wildman–Crippen MR) is 106 cm³/mol. The Morgan fingerprint density at radius 1 is 1.25 bits per heavy atom. The van der Waals surface area contributed by atoms with Crippen LogP contribution in [0.1, 0.15) is 51.0 Å². The molecule has 28 heavy (non-hydrogen) atoms. The number of rotatable bonds is 8. The first-order valence-corrected chi connectivity index (χ1v) is 10.3. The van der Waals surface area contributed by atoms with Crippen LogP contribution in [-0.4, -0.2) is 52.3 Å². The minimum absolute atomic E-state index is 0.119. The molecule has 1 aliphatic carbocycles. The third-order valence-corrected chi connectivity index (χ3v) is 6.22. The zero-order valence-corrected chi connectivity index (χ0v) is 16.4. The Kier molecular flexibility index (Phi) is 6.83. The molecule has 1 saturated heterocycles. The summed E-state index contributed by atoms with van der Waals surface area (Å²) in [7, 11) is 0. The van der Waals surface area contributed by atoms with Crippen molar-refractivity contribution in [2.24, 2.45) is 5.92 Å². The normalized spacial score (nSPS) is 26.3. The molecular formula is C22H30N2O4. The Labute approximate surface area is 166 Å². The Morgan fingerprint density at radius 2 is 1.96 bits per heavy atom. The second-order valence-corrected chi connectivity index (χ2v) is 8.10. The summed E-state index contributed by atoms with van der Waals surface area (Å²) in [6, 6.07) is 8.01. The molecule has 1 aromatic carbocycles. The third kappa shape index (κ3) is 4.61. The lowest BCUT2D eigenvalue weighted by atomic mass is 9.85. The second kappa shape index (κ2) is 9.32. The average Bonchev–Trinajstić information content (AvgIpc) is 3.09. The molecule has 6 nitrogen and oxygen atoms in total. The smallest absolute Gasteiger partial charge is 0.320 e. The number of carboxylic acids is 1. The van der Waals surface area contributed by atoms with Gasteiger partial charge in [-0.05, 0) is 50.5 Å². The van der Waals surface area contributed by atoms with E-state index in [-0.39, 0.29) is 18.0 Å². The van der Waals surface area contributed by atoms with Crippen molar-refractivity contribution in [2.75, 3.05) is 0 Å². The quantitative estimate of drug-likeness (QED) is 0.670. The van der Waals surface area contributed by atoms with Crippen molar-refractivity contribution in [3.63, 3.8) is 0 Å². The lowest BCUT2D eigenvalue weighted by Gasteiger charge is -2.35. The Balaban J connectivity index is 1.63. The second-order valence-electron chi connectivity index (χ2n) is 8.10. The topological polar surface area (TPSA) is 86.7 Å². The zero-order valence-electron chi connectivity index (χ0n) is 16.4. The summed E-state index contributed by atoms with van der Waals surface area (Å²) in [6.07, 6.45) is 6.88. The van der Waals surface area contributed by atoms with E-state index in [1.807, 2.05) is 30.3 Å². The van der Waals surface area contributed by atoms with Crippen LogP contribution in [0.4, 0.5) is 0 Å². The molecule has 1 saturated carbocycles. The fraction of sp³-hybridized carbons (Fsp3) is 0.591. The van der Waals surface area contributed by atoms with E-state index in [9.17, 15) is 19.5 Å². The van der Waals surface area contributed by atoms with Crippen LogP contribution in [0.25, 0.3) is 0 Å². The number of nitrogens with zero attached hydrogens (tertiary/aromatic N) is 1. The van der Waals surface area contributed by atoms with Gasteiger partial charge in [-0.1, -0.05) is 43.2 Å². The Hall–Kier alpha value is -2.21. The van der Waals surface area contributed by atoms with Gasteiger partial charge in [-0.15, -0.1) is 0 Å². The molecule has 2 fully saturated rings. The first-order chi connectivity index (χ1) is 13.5. The van der Waals surface area contributed by atoms with Crippen LogP contribution in [-0.2, 0) is 20.8 Å². The summed E-state index contributed by atoms with van der Waals surface area (Å²) in [4.78, 5) is 38.1.